The molecule has 0 saturated carbocycles. The van der Waals surface area contributed by atoms with Crippen molar-refractivity contribution in [3.8, 4) is 0 Å². The normalized spacial score (nSPS) is 25.5. The van der Waals surface area contributed by atoms with Gasteiger partial charge < -0.3 is 10.2 Å². The molecule has 0 unspecified atom stereocenters. The molecule has 0 bridgehead atoms. The number of nitrogens with one attached hydrogen (secondary N) is 1. The first-order valence-corrected chi connectivity index (χ1v) is 11.3. The average Bonchev–Trinajstić information content (AvgIpc) is 3.38. The molecule has 2 aromatic rings. The number of carbonyl (C=O) groups is 2. The number of aryl methyl sites for hydroxylation is 1. The van der Waals surface area contributed by atoms with E-state index in [9.17, 15) is 9.59 Å². The first-order valence-electron chi connectivity index (χ1n) is 9.40. The van der Waals surface area contributed by atoms with Crippen LogP contribution in [-0.2, 0) is 16.0 Å². The first-order chi connectivity index (χ1) is 13.0. The van der Waals surface area contributed by atoms with E-state index >= 15 is 0 Å². The number of benzene rings is 1. The highest BCUT2D eigenvalue weighted by atomic mass is 32.2. The van der Waals surface area contributed by atoms with E-state index in [-0.39, 0.29) is 28.8 Å². The van der Waals surface area contributed by atoms with Gasteiger partial charge >= 0.3 is 0 Å². The Bertz CT molecular complexity index is 834. The SMILES string of the molecule is CCc1ccc([C@H](NC(=O)[C@@H]2CS[C@]3(C)CCC(=O)N23)c2cccs2)cc1. The van der Waals surface area contributed by atoms with Gasteiger partial charge in [0.2, 0.25) is 11.8 Å². The topological polar surface area (TPSA) is 49.4 Å². The van der Waals surface area contributed by atoms with E-state index in [1.54, 1.807) is 23.1 Å². The van der Waals surface area contributed by atoms with Gasteiger partial charge in [0.15, 0.2) is 0 Å². The van der Waals surface area contributed by atoms with Crippen molar-refractivity contribution in [3.63, 3.8) is 0 Å². The zero-order valence-corrected chi connectivity index (χ0v) is 17.2. The van der Waals surface area contributed by atoms with Crippen LogP contribution in [0.3, 0.4) is 0 Å². The minimum Gasteiger partial charge on any atom is -0.343 e. The minimum absolute atomic E-state index is 0.0561. The van der Waals surface area contributed by atoms with Crippen LogP contribution in [0.15, 0.2) is 41.8 Å². The van der Waals surface area contributed by atoms with E-state index in [2.05, 4.69) is 49.5 Å². The Labute approximate surface area is 168 Å². The molecule has 2 fully saturated rings. The lowest BCUT2D eigenvalue weighted by Crippen LogP contribution is -2.50. The Morgan fingerprint density at radius 2 is 2.11 bits per heavy atom. The quantitative estimate of drug-likeness (QED) is 0.826. The summed E-state index contributed by atoms with van der Waals surface area (Å²) < 4.78 is 0. The second-order valence-corrected chi connectivity index (χ2v) is 9.80. The van der Waals surface area contributed by atoms with Crippen molar-refractivity contribution in [1.82, 2.24) is 10.2 Å². The number of hydrogen-bond acceptors (Lipinski definition) is 4. The van der Waals surface area contributed by atoms with Gasteiger partial charge in [-0.05, 0) is 42.3 Å². The standard InChI is InChI=1S/C21H24N2O2S2/c1-3-14-6-8-15(9-7-14)19(17-5-4-12-26-17)22-20(25)16-13-27-21(2)11-10-18(24)23(16)21/h4-9,12,16,19H,3,10-11,13H2,1-2H3,(H,22,25)/t16-,19-,21+/m0/s1. The lowest BCUT2D eigenvalue weighted by atomic mass is 10.0. The molecule has 0 aliphatic carbocycles. The molecule has 1 aromatic carbocycles. The molecule has 2 saturated heterocycles. The van der Waals surface area contributed by atoms with E-state index in [0.29, 0.717) is 12.2 Å². The van der Waals surface area contributed by atoms with Crippen LogP contribution in [0.2, 0.25) is 0 Å². The van der Waals surface area contributed by atoms with Gasteiger partial charge in [0.05, 0.1) is 10.9 Å². The number of nitrogens with zero attached hydrogens (tertiary/aromatic N) is 1. The van der Waals surface area contributed by atoms with Crippen molar-refractivity contribution in [2.45, 2.75) is 50.1 Å². The highest BCUT2D eigenvalue weighted by Gasteiger charge is 2.53. The van der Waals surface area contributed by atoms with Gasteiger partial charge in [0.25, 0.3) is 0 Å². The summed E-state index contributed by atoms with van der Waals surface area (Å²) in [6.07, 6.45) is 2.36. The van der Waals surface area contributed by atoms with Crippen molar-refractivity contribution in [1.29, 1.82) is 0 Å². The number of carbonyl (C=O) groups excluding carboxylic acids is 2. The van der Waals surface area contributed by atoms with Gasteiger partial charge in [-0.2, -0.15) is 0 Å². The predicted octanol–water partition coefficient (Wildman–Crippen LogP) is 3.97. The van der Waals surface area contributed by atoms with Gasteiger partial charge in [0, 0.05) is 17.1 Å². The monoisotopic (exact) mass is 400 g/mol. The molecular weight excluding hydrogens is 376 g/mol. The zero-order valence-electron chi connectivity index (χ0n) is 15.6. The number of rotatable bonds is 5. The molecule has 0 radical (unpaired) electrons. The van der Waals surface area contributed by atoms with Crippen LogP contribution < -0.4 is 5.32 Å². The molecule has 4 nitrogen and oxygen atoms in total. The molecule has 6 heteroatoms. The first kappa shape index (κ1) is 18.6. The van der Waals surface area contributed by atoms with Crippen molar-refractivity contribution in [3.05, 3.63) is 57.8 Å². The fraction of sp³-hybridized carbons (Fsp3) is 0.429. The second-order valence-electron chi connectivity index (χ2n) is 7.32. The molecule has 2 amide bonds. The fourth-order valence-corrected chi connectivity index (χ4v) is 6.21. The third-order valence-corrected chi connectivity index (χ3v) is 8.03. The van der Waals surface area contributed by atoms with E-state index in [4.69, 9.17) is 0 Å². The van der Waals surface area contributed by atoms with Gasteiger partial charge in [-0.15, -0.1) is 23.1 Å². The highest BCUT2D eigenvalue weighted by molar-refractivity contribution is 8.01. The summed E-state index contributed by atoms with van der Waals surface area (Å²) in [6.45, 7) is 4.21. The molecule has 2 aliphatic rings. The number of thiophene rings is 1. The van der Waals surface area contributed by atoms with Gasteiger partial charge in [-0.25, -0.2) is 0 Å². The van der Waals surface area contributed by atoms with Crippen LogP contribution in [0.25, 0.3) is 0 Å². The van der Waals surface area contributed by atoms with E-state index in [1.807, 2.05) is 16.3 Å². The maximum atomic E-state index is 13.2. The summed E-state index contributed by atoms with van der Waals surface area (Å²) in [5.41, 5.74) is 2.35. The summed E-state index contributed by atoms with van der Waals surface area (Å²) in [6, 6.07) is 11.9. The van der Waals surface area contributed by atoms with Crippen LogP contribution in [0.4, 0.5) is 0 Å². The maximum Gasteiger partial charge on any atom is 0.244 e. The highest BCUT2D eigenvalue weighted by Crippen LogP contribution is 2.47. The van der Waals surface area contributed by atoms with Crippen molar-refractivity contribution >= 4 is 34.9 Å². The molecule has 27 heavy (non-hydrogen) atoms. The maximum absolute atomic E-state index is 13.2. The molecule has 4 rings (SSSR count). The third kappa shape index (κ3) is 3.41. The Hall–Kier alpha value is -1.79. The minimum atomic E-state index is -0.382. The third-order valence-electron chi connectivity index (χ3n) is 5.58. The molecule has 1 N–H and O–H groups in total. The molecule has 2 aliphatic heterocycles. The molecule has 142 valence electrons. The van der Waals surface area contributed by atoms with Gasteiger partial charge in [0.1, 0.15) is 6.04 Å². The largest absolute Gasteiger partial charge is 0.343 e. The zero-order chi connectivity index (χ0) is 19.0. The summed E-state index contributed by atoms with van der Waals surface area (Å²) in [5, 5.41) is 5.26. The lowest BCUT2D eigenvalue weighted by Gasteiger charge is -2.31. The molecule has 3 atom stereocenters. The van der Waals surface area contributed by atoms with Crippen molar-refractivity contribution < 1.29 is 9.59 Å². The molecule has 0 spiro atoms. The lowest BCUT2D eigenvalue weighted by molar-refractivity contribution is -0.138. The van der Waals surface area contributed by atoms with Crippen LogP contribution in [-0.4, -0.2) is 33.4 Å². The van der Waals surface area contributed by atoms with Crippen molar-refractivity contribution in [2.75, 3.05) is 5.75 Å². The van der Waals surface area contributed by atoms with E-state index in [1.165, 1.54) is 5.56 Å². The van der Waals surface area contributed by atoms with Crippen molar-refractivity contribution in [2.24, 2.45) is 0 Å². The number of amides is 2. The second kappa shape index (κ2) is 7.32. The average molecular weight is 401 g/mol. The fourth-order valence-electron chi connectivity index (χ4n) is 3.97. The number of hydrogen-bond donors (Lipinski definition) is 1. The van der Waals surface area contributed by atoms with E-state index < -0.39 is 0 Å². The number of fused-ring (bicyclic) bond motifs is 1. The van der Waals surface area contributed by atoms with Crippen LogP contribution >= 0.6 is 23.1 Å². The molecule has 1 aromatic heterocycles. The van der Waals surface area contributed by atoms with Gasteiger partial charge in [-0.3, -0.25) is 9.59 Å². The van der Waals surface area contributed by atoms with Crippen LogP contribution in [0.5, 0.6) is 0 Å². The Morgan fingerprint density at radius 1 is 1.33 bits per heavy atom. The summed E-state index contributed by atoms with van der Waals surface area (Å²) in [4.78, 5) is 28.2. The van der Waals surface area contributed by atoms with E-state index in [0.717, 1.165) is 23.3 Å². The number of thioether (sulfide) groups is 1. The van der Waals surface area contributed by atoms with Crippen LogP contribution in [0, 0.1) is 0 Å². The Morgan fingerprint density at radius 3 is 2.78 bits per heavy atom. The Kier molecular flexibility index (Phi) is 5.03. The molecule has 3 heterocycles. The summed E-state index contributed by atoms with van der Waals surface area (Å²) in [5.74, 6) is 0.710. The molecular formula is C21H24N2O2S2. The summed E-state index contributed by atoms with van der Waals surface area (Å²) >= 11 is 3.37. The predicted molar refractivity (Wildman–Crippen MR) is 111 cm³/mol. The van der Waals surface area contributed by atoms with Crippen LogP contribution in [0.1, 0.15) is 48.7 Å². The van der Waals surface area contributed by atoms with Gasteiger partial charge in [-0.1, -0.05) is 37.3 Å². The Balaban J connectivity index is 1.58. The summed E-state index contributed by atoms with van der Waals surface area (Å²) in [7, 11) is 0. The smallest absolute Gasteiger partial charge is 0.244 e.